The number of benzene rings is 2. The van der Waals surface area contributed by atoms with Crippen LogP contribution in [0.25, 0.3) is 21.5 Å². The van der Waals surface area contributed by atoms with E-state index in [4.69, 9.17) is 0 Å². The van der Waals surface area contributed by atoms with Crippen LogP contribution in [0.5, 0.6) is 0 Å². The second-order valence-electron chi connectivity index (χ2n) is 4.31. The molecule has 0 N–H and O–H groups in total. The van der Waals surface area contributed by atoms with Crippen molar-refractivity contribution in [2.45, 2.75) is 0 Å². The number of rotatable bonds is 0. The van der Waals surface area contributed by atoms with Crippen molar-refractivity contribution in [2.24, 2.45) is 0 Å². The third-order valence-electron chi connectivity index (χ3n) is 3.10. The molecular formula is C18H17SiTi. The molecule has 0 saturated heterocycles. The summed E-state index contributed by atoms with van der Waals surface area (Å²) in [6, 6.07) is 29.3. The predicted molar refractivity (Wildman–Crippen MR) is 89.0 cm³/mol. The van der Waals surface area contributed by atoms with Crippen LogP contribution in [-0.2, 0) is 21.7 Å². The zero-order valence-electron chi connectivity index (χ0n) is 11.6. The van der Waals surface area contributed by atoms with E-state index in [9.17, 15) is 0 Å². The van der Waals surface area contributed by atoms with Gasteiger partial charge in [0, 0.05) is 0 Å². The molecule has 0 unspecified atom stereocenters. The Hall–Kier alpha value is -1.41. The molecule has 0 aliphatic carbocycles. The molecule has 0 atom stereocenters. The van der Waals surface area contributed by atoms with Crippen LogP contribution in [0.3, 0.4) is 0 Å². The minimum atomic E-state index is 0. The SMILES string of the molecule is [SiH3].[Ti+2].c1ccc2[cH-]ccc2c1.c1ccc2[cH-]ccc2c1. The van der Waals surface area contributed by atoms with Gasteiger partial charge in [-0.2, -0.15) is 35.0 Å². The first-order valence-corrected chi connectivity index (χ1v) is 6.14. The van der Waals surface area contributed by atoms with Crippen molar-refractivity contribution < 1.29 is 21.7 Å². The number of hydrogen-bond acceptors (Lipinski definition) is 0. The van der Waals surface area contributed by atoms with E-state index in [1.54, 1.807) is 0 Å². The molecule has 0 nitrogen and oxygen atoms in total. The molecule has 0 amide bonds. The first-order chi connectivity index (χ1) is 8.93. The van der Waals surface area contributed by atoms with Crippen LogP contribution in [0, 0.1) is 0 Å². The van der Waals surface area contributed by atoms with Crippen molar-refractivity contribution in [3.05, 3.63) is 84.9 Å². The van der Waals surface area contributed by atoms with Gasteiger partial charge in [0.1, 0.15) is 0 Å². The summed E-state index contributed by atoms with van der Waals surface area (Å²) >= 11 is 0. The summed E-state index contributed by atoms with van der Waals surface area (Å²) in [5.74, 6) is 0. The molecule has 0 aliphatic rings. The molecule has 0 spiro atoms. The van der Waals surface area contributed by atoms with Crippen molar-refractivity contribution in [1.82, 2.24) is 0 Å². The predicted octanol–water partition coefficient (Wildman–Crippen LogP) is 3.93. The molecule has 0 heterocycles. The molecule has 4 rings (SSSR count). The quantitative estimate of drug-likeness (QED) is 0.341. The molecule has 0 fully saturated rings. The molecule has 0 aliphatic heterocycles. The topological polar surface area (TPSA) is 0 Å². The minimum Gasteiger partial charge on any atom is -0.168 e. The maximum atomic E-state index is 2.12. The summed E-state index contributed by atoms with van der Waals surface area (Å²) in [5.41, 5.74) is 0. The van der Waals surface area contributed by atoms with Crippen LogP contribution in [0.2, 0.25) is 0 Å². The molecule has 4 aromatic rings. The third kappa shape index (κ3) is 3.80. The van der Waals surface area contributed by atoms with Gasteiger partial charge in [-0.1, -0.05) is 12.1 Å². The summed E-state index contributed by atoms with van der Waals surface area (Å²) in [6.07, 6.45) is 0. The van der Waals surface area contributed by atoms with Crippen LogP contribution >= 0.6 is 0 Å². The molecule has 0 saturated carbocycles. The summed E-state index contributed by atoms with van der Waals surface area (Å²) in [4.78, 5) is 0. The monoisotopic (exact) mass is 309 g/mol. The third-order valence-corrected chi connectivity index (χ3v) is 3.10. The van der Waals surface area contributed by atoms with Gasteiger partial charge in [0.15, 0.2) is 0 Å². The van der Waals surface area contributed by atoms with Crippen LogP contribution in [0.15, 0.2) is 84.9 Å². The first kappa shape index (κ1) is 16.6. The smallest absolute Gasteiger partial charge is 0.168 e. The molecule has 4 aromatic carbocycles. The summed E-state index contributed by atoms with van der Waals surface area (Å²) in [6.45, 7) is 0. The molecule has 0 aromatic heterocycles. The number of fused-ring (bicyclic) bond motifs is 2. The number of hydrogen-bond donors (Lipinski definition) is 0. The molecule has 2 heteroatoms. The van der Waals surface area contributed by atoms with Crippen LogP contribution < -0.4 is 0 Å². The molecule has 20 heavy (non-hydrogen) atoms. The average molecular weight is 309 g/mol. The zero-order chi connectivity index (χ0) is 12.2. The van der Waals surface area contributed by atoms with E-state index < -0.39 is 0 Å². The van der Waals surface area contributed by atoms with Crippen molar-refractivity contribution in [2.75, 3.05) is 0 Å². The fourth-order valence-electron chi connectivity index (χ4n) is 2.14. The van der Waals surface area contributed by atoms with Crippen molar-refractivity contribution in [3.63, 3.8) is 0 Å². The standard InChI is InChI=1S/2C9H7.H3Si.Ti/c2*1-2-5-9-7-3-6-8(9)4-1;;/h2*1-7H;1H3;/q2*-1;;+2. The fourth-order valence-corrected chi connectivity index (χ4v) is 2.14. The maximum Gasteiger partial charge on any atom is 2.00 e. The van der Waals surface area contributed by atoms with E-state index >= 15 is 0 Å². The largest absolute Gasteiger partial charge is 2.00 e. The Balaban J connectivity index is 0.000000182. The van der Waals surface area contributed by atoms with E-state index in [1.807, 2.05) is 0 Å². The Morgan fingerprint density at radius 1 is 0.550 bits per heavy atom. The Kier molecular flexibility index (Phi) is 6.66. The Morgan fingerprint density at radius 2 is 0.950 bits per heavy atom. The van der Waals surface area contributed by atoms with Gasteiger partial charge in [-0.15, -0.1) is 59.3 Å². The minimum absolute atomic E-state index is 0. The van der Waals surface area contributed by atoms with Crippen molar-refractivity contribution in [1.29, 1.82) is 0 Å². The molecule has 97 valence electrons. The van der Waals surface area contributed by atoms with Crippen molar-refractivity contribution in [3.8, 4) is 0 Å². The van der Waals surface area contributed by atoms with Gasteiger partial charge in [0.05, 0.1) is 0 Å². The Morgan fingerprint density at radius 3 is 1.35 bits per heavy atom. The fraction of sp³-hybridized carbons (Fsp3) is 0. The maximum absolute atomic E-state index is 2.12. The van der Waals surface area contributed by atoms with Gasteiger partial charge in [-0.25, -0.2) is 0 Å². The van der Waals surface area contributed by atoms with E-state index in [1.165, 1.54) is 21.5 Å². The Labute approximate surface area is 139 Å². The molecule has 1 radical (unpaired) electrons. The van der Waals surface area contributed by atoms with Gasteiger partial charge in [0.25, 0.3) is 0 Å². The normalized spacial score (nSPS) is 9.20. The van der Waals surface area contributed by atoms with Crippen LogP contribution in [0.4, 0.5) is 0 Å². The van der Waals surface area contributed by atoms with E-state index in [2.05, 4.69) is 84.9 Å². The summed E-state index contributed by atoms with van der Waals surface area (Å²) < 4.78 is 0. The van der Waals surface area contributed by atoms with Gasteiger partial charge < -0.3 is 0 Å². The second kappa shape index (κ2) is 8.01. The van der Waals surface area contributed by atoms with E-state index in [0.717, 1.165) is 0 Å². The van der Waals surface area contributed by atoms with Crippen LogP contribution in [0.1, 0.15) is 0 Å². The summed E-state index contributed by atoms with van der Waals surface area (Å²) in [5, 5.41) is 5.32. The Bertz CT molecular complexity index is 625. The van der Waals surface area contributed by atoms with Gasteiger partial charge in [0.2, 0.25) is 0 Å². The van der Waals surface area contributed by atoms with Gasteiger partial charge in [-0.05, 0) is 11.0 Å². The van der Waals surface area contributed by atoms with Crippen molar-refractivity contribution >= 4 is 32.5 Å². The molecule has 0 bridgehead atoms. The first-order valence-electron chi connectivity index (χ1n) is 6.14. The van der Waals surface area contributed by atoms with Gasteiger partial charge in [-0.3, -0.25) is 0 Å². The van der Waals surface area contributed by atoms with E-state index in [-0.39, 0.29) is 32.7 Å². The van der Waals surface area contributed by atoms with Crippen LogP contribution in [-0.4, -0.2) is 11.0 Å². The van der Waals surface area contributed by atoms with Gasteiger partial charge >= 0.3 is 21.7 Å². The van der Waals surface area contributed by atoms with E-state index in [0.29, 0.717) is 0 Å². The zero-order valence-corrected chi connectivity index (χ0v) is 15.1. The average Bonchev–Trinajstić information content (AvgIpc) is 3.08. The molecular weight excluding hydrogens is 292 g/mol. The summed E-state index contributed by atoms with van der Waals surface area (Å²) in [7, 11) is 0. The second-order valence-corrected chi connectivity index (χ2v) is 4.31.